The van der Waals surface area contributed by atoms with Crippen LogP contribution < -0.4 is 0 Å². The van der Waals surface area contributed by atoms with E-state index in [0.29, 0.717) is 0 Å². The predicted molar refractivity (Wildman–Crippen MR) is 470 cm³/mol. The third-order valence-corrected chi connectivity index (χ3v) is 22.7. The number of hydrogen-bond acceptors (Lipinski definition) is 0. The standard InChI is InChI=1S/C88H140N2.2C8H9.Ni/c1-7-13-19-23-27-31-35-39-43-47-51-55-59-63-67-79-73-80(68-64-60-56-52-48-44-40-36-32-28-24-20-14-8-2)76-83(75-79)87-85(71-17-11-5)86(72-18-12-6)88(90(87)89)84-77-81(69-65-61-57-53-49-45-41-37-33-29-25-21-15-9-3)74-82(78-84)70-66-62-58-54-50-46-42-38-34-30-26-22-16-10-4;2*1-2-8-6-4-3-5-7-8;/h73-78H,7-62,71-72H2,1-6H3;2*3-7H,1-2H2;. The number of hydrogen-bond donors (Lipinski definition) is 0. The molecule has 0 amide bonds. The van der Waals surface area contributed by atoms with Crippen molar-refractivity contribution in [3.63, 3.8) is 0 Å². The molecule has 3 heteroatoms. The minimum atomic E-state index is 0.904. The summed E-state index contributed by atoms with van der Waals surface area (Å²) in [6.07, 6.45) is 76.8. The molecule has 4 aromatic carbocycles. The van der Waals surface area contributed by atoms with Crippen molar-refractivity contribution in [3.8, 4) is 47.4 Å². The molecule has 2 nitrogen and oxygen atoms in total. The molecular formula is C104H158N2Ni. The molecule has 1 aliphatic heterocycles. The van der Waals surface area contributed by atoms with Crippen LogP contribution in [0.4, 0.5) is 0 Å². The Labute approximate surface area is 669 Å². The number of aryl methyl sites for hydroxylation is 2. The van der Waals surface area contributed by atoms with Crippen LogP contribution in [0.3, 0.4) is 0 Å². The van der Waals surface area contributed by atoms with E-state index in [0.717, 1.165) is 135 Å². The van der Waals surface area contributed by atoms with Crippen LogP contribution in [-0.4, -0.2) is 4.70 Å². The zero-order valence-electron chi connectivity index (χ0n) is 70.3. The van der Waals surface area contributed by atoms with Gasteiger partial charge in [-0.25, -0.2) is 4.70 Å². The van der Waals surface area contributed by atoms with E-state index in [2.05, 4.69) is 186 Å². The van der Waals surface area contributed by atoms with Gasteiger partial charge in [0.05, 0.1) is 0 Å². The van der Waals surface area contributed by atoms with Crippen molar-refractivity contribution in [1.82, 2.24) is 0 Å². The number of unbranched alkanes of at least 4 members (excludes halogenated alkanes) is 50. The molecule has 0 unspecified atom stereocenters. The summed E-state index contributed by atoms with van der Waals surface area (Å²) in [5.41, 5.74) is 26.3. The summed E-state index contributed by atoms with van der Waals surface area (Å²) < 4.78 is 1.57. The molecule has 0 spiro atoms. The van der Waals surface area contributed by atoms with Gasteiger partial charge in [-0.05, 0) is 87.8 Å². The van der Waals surface area contributed by atoms with Gasteiger partial charge in [-0.15, -0.1) is 0 Å². The molecule has 1 heterocycles. The molecule has 1 aliphatic rings. The first-order chi connectivity index (χ1) is 53.0. The van der Waals surface area contributed by atoms with Gasteiger partial charge < -0.3 is 5.53 Å². The average molecular weight is 1500 g/mol. The number of benzene rings is 4. The molecule has 4 aromatic rings. The van der Waals surface area contributed by atoms with E-state index in [1.807, 2.05) is 14.4 Å². The third kappa shape index (κ3) is 48.2. The summed E-state index contributed by atoms with van der Waals surface area (Å²) in [6, 6.07) is 34.9. The van der Waals surface area contributed by atoms with Gasteiger partial charge in [0.15, 0.2) is 0 Å². The van der Waals surface area contributed by atoms with Gasteiger partial charge >= 0.3 is 110 Å². The summed E-state index contributed by atoms with van der Waals surface area (Å²) >= 11 is 1.86. The molecule has 0 aromatic heterocycles. The monoisotopic (exact) mass is 1490 g/mol. The van der Waals surface area contributed by atoms with Crippen LogP contribution in [0.1, 0.15) is 458 Å². The van der Waals surface area contributed by atoms with E-state index in [1.54, 1.807) is 4.70 Å². The van der Waals surface area contributed by atoms with Crippen molar-refractivity contribution >= 4 is 11.4 Å². The van der Waals surface area contributed by atoms with Crippen molar-refractivity contribution in [2.75, 3.05) is 0 Å². The molecule has 0 radical (unpaired) electrons. The number of rotatable bonds is 62. The second kappa shape index (κ2) is 68.7. The molecule has 0 saturated heterocycles. The molecular weight excluding hydrogens is 1340 g/mol. The van der Waals surface area contributed by atoms with Crippen molar-refractivity contribution < 1.29 is 19.1 Å². The molecule has 0 aliphatic carbocycles. The fourth-order valence-electron chi connectivity index (χ4n) is 14.8. The molecule has 0 atom stereocenters. The van der Waals surface area contributed by atoms with Gasteiger partial charge in [0.2, 0.25) is 11.4 Å². The second-order valence-electron chi connectivity index (χ2n) is 31.5. The maximum absolute atomic E-state index is 13.1. The summed E-state index contributed by atoms with van der Waals surface area (Å²) in [6.45, 7) is 13.8. The first-order valence-electron chi connectivity index (χ1n) is 45.7. The Morgan fingerprint density at radius 1 is 0.252 bits per heavy atom. The van der Waals surface area contributed by atoms with Gasteiger partial charge in [0.25, 0.3) is 0 Å². The van der Waals surface area contributed by atoms with Gasteiger partial charge in [-0.3, -0.25) is 0 Å². The summed E-state index contributed by atoms with van der Waals surface area (Å²) in [5.74, 6) is 29.0. The Kier molecular flexibility index (Phi) is 60.4. The zero-order chi connectivity index (χ0) is 76.0. The molecule has 5 rings (SSSR count). The first kappa shape index (κ1) is 94.1. The van der Waals surface area contributed by atoms with E-state index in [1.165, 1.54) is 328 Å². The van der Waals surface area contributed by atoms with Crippen molar-refractivity contribution in [1.29, 1.82) is 0 Å². The topological polar surface area (TPSA) is 25.3 Å². The van der Waals surface area contributed by atoms with Crippen LogP contribution in [0.25, 0.3) is 16.9 Å². The Hall–Kier alpha value is -5.31. The van der Waals surface area contributed by atoms with Crippen molar-refractivity contribution in [2.45, 2.75) is 438 Å². The van der Waals surface area contributed by atoms with Crippen LogP contribution in [0, 0.1) is 47.4 Å². The number of allylic oxidation sites excluding steroid dienone is 2. The molecule has 0 fully saturated rings. The normalized spacial score (nSPS) is 11.8. The summed E-state index contributed by atoms with van der Waals surface area (Å²) in [5, 5.41) is 2.48. The van der Waals surface area contributed by atoms with E-state index < -0.39 is 0 Å². The van der Waals surface area contributed by atoms with Crippen molar-refractivity contribution in [2.24, 2.45) is 0 Å². The van der Waals surface area contributed by atoms with Crippen LogP contribution in [0.5, 0.6) is 0 Å². The average Bonchev–Trinajstić information content (AvgIpc) is 1.61. The van der Waals surface area contributed by atoms with Gasteiger partial charge in [-0.2, -0.15) is 0 Å². The van der Waals surface area contributed by atoms with Gasteiger partial charge in [0.1, 0.15) is 0 Å². The SMILES string of the molecule is CCCCCCCCCCCCCCC#Cc1cc(C#CCCCCCCCCCCCCCC)cc(C2=C(CCCC)C(CCCC)=C(c3cc(C#CCCCCCCCCCCCCCC)cc(C#CCCCCCCCCCCCCCC)c3)[N+]2=[N-])c1.c1ccc(C[CH2][Ni][CH2]Cc2ccccc2)cc1. The zero-order valence-corrected chi connectivity index (χ0v) is 71.3. The quantitative estimate of drug-likeness (QED) is 0.0182. The van der Waals surface area contributed by atoms with Gasteiger partial charge in [-0.1, -0.05) is 384 Å². The van der Waals surface area contributed by atoms with E-state index in [4.69, 9.17) is 0 Å². The third-order valence-electron chi connectivity index (χ3n) is 21.5. The molecule has 0 bridgehead atoms. The fraction of sp³-hybridized carbons (Fsp3) is 0.654. The Bertz CT molecular complexity index is 2830. The summed E-state index contributed by atoms with van der Waals surface area (Å²) in [7, 11) is 0. The summed E-state index contributed by atoms with van der Waals surface area (Å²) in [4.78, 5) is 0. The van der Waals surface area contributed by atoms with Crippen LogP contribution in [0.2, 0.25) is 10.8 Å². The molecule has 0 N–H and O–H groups in total. The predicted octanol–water partition coefficient (Wildman–Crippen LogP) is 33.4. The first-order valence-corrected chi connectivity index (χ1v) is 47.1. The van der Waals surface area contributed by atoms with Crippen LogP contribution in [-0.2, 0) is 27.3 Å². The minimum absolute atomic E-state index is 0.904. The molecule has 594 valence electrons. The van der Waals surface area contributed by atoms with Gasteiger partial charge in [0, 0.05) is 70.2 Å². The van der Waals surface area contributed by atoms with Crippen LogP contribution in [0.15, 0.2) is 108 Å². The Balaban J connectivity index is 0.00000123. The molecule has 0 saturated carbocycles. The maximum atomic E-state index is 13.1. The second-order valence-corrected chi connectivity index (χ2v) is 33.0. The van der Waals surface area contributed by atoms with Crippen molar-refractivity contribution in [3.05, 3.63) is 158 Å². The van der Waals surface area contributed by atoms with Crippen LogP contribution >= 0.6 is 0 Å². The van der Waals surface area contributed by atoms with E-state index >= 15 is 0 Å². The fourth-order valence-corrected chi connectivity index (χ4v) is 16.0. The van der Waals surface area contributed by atoms with E-state index in [-0.39, 0.29) is 0 Å². The Morgan fingerprint density at radius 2 is 0.467 bits per heavy atom. The Morgan fingerprint density at radius 3 is 0.692 bits per heavy atom. The van der Waals surface area contributed by atoms with E-state index in [9.17, 15) is 5.53 Å². The molecule has 107 heavy (non-hydrogen) atoms. The number of nitrogens with zero attached hydrogens (tertiary/aromatic N) is 2.